The molecule has 2 rings (SSSR count). The average molecular weight is 504 g/mol. The fraction of sp³-hybridized carbons (Fsp3) is 0.250. The Morgan fingerprint density at radius 1 is 1.38 bits per heavy atom. The van der Waals surface area contributed by atoms with Crippen molar-refractivity contribution in [3.63, 3.8) is 0 Å². The Balaban J connectivity index is 2.66. The number of ketones is 1. The van der Waals surface area contributed by atoms with Crippen molar-refractivity contribution in [2.24, 2.45) is 0 Å². The lowest BCUT2D eigenvalue weighted by Gasteiger charge is -2.09. The Morgan fingerprint density at radius 3 is 2.54 bits per heavy atom. The van der Waals surface area contributed by atoms with E-state index in [0.717, 1.165) is 17.3 Å². The number of Topliss-reactive ketones (excluding diaryl/α,β-unsaturated/α-hetero) is 1. The van der Waals surface area contributed by atoms with Gasteiger partial charge in [-0.1, -0.05) is 0 Å². The lowest BCUT2D eigenvalue weighted by Crippen LogP contribution is -2.11. The lowest BCUT2D eigenvalue weighted by atomic mass is 10.1. The summed E-state index contributed by atoms with van der Waals surface area (Å²) in [6.07, 6.45) is 2.56. The molecule has 0 aliphatic heterocycles. The molecule has 138 valence electrons. The van der Waals surface area contributed by atoms with Crippen LogP contribution in [0, 0.1) is 18.3 Å². The number of nitrogens with zero attached hydrogens (tertiary/aromatic N) is 3. The van der Waals surface area contributed by atoms with Gasteiger partial charge in [0.2, 0.25) is 15.8 Å². The highest BCUT2D eigenvalue weighted by Gasteiger charge is 2.21. The highest BCUT2D eigenvalue weighted by atomic mass is 127. The van der Waals surface area contributed by atoms with Gasteiger partial charge in [-0.05, 0) is 30.7 Å². The fourth-order valence-electron chi connectivity index (χ4n) is 2.41. The lowest BCUT2D eigenvalue weighted by molar-refractivity contribution is 0.103. The molecular weight excluding hydrogens is 487 g/mol. The normalized spacial score (nSPS) is 12.1. The van der Waals surface area contributed by atoms with E-state index in [-0.39, 0.29) is 5.57 Å². The van der Waals surface area contributed by atoms with Crippen molar-refractivity contribution in [1.29, 1.82) is 5.26 Å². The topological polar surface area (TPSA) is 95.2 Å². The molecule has 10 heteroatoms. The van der Waals surface area contributed by atoms with E-state index in [1.54, 1.807) is 42.0 Å². The Morgan fingerprint density at radius 2 is 2.04 bits per heavy atom. The van der Waals surface area contributed by atoms with Gasteiger partial charge < -0.3 is 4.90 Å². The first-order valence-electron chi connectivity index (χ1n) is 7.33. The molecule has 0 aliphatic carbocycles. The smallest absolute Gasteiger partial charge is 0.229 e. The molecule has 0 spiro atoms. The number of allylic oxidation sites excluding steroid dienone is 1. The number of aromatic nitrogens is 1. The van der Waals surface area contributed by atoms with E-state index in [1.807, 2.05) is 12.1 Å². The number of anilines is 1. The van der Waals surface area contributed by atoms with Crippen molar-refractivity contribution in [3.05, 3.63) is 41.2 Å². The highest BCUT2D eigenvalue weighted by molar-refractivity contribution is 14.2. The number of fused-ring (bicyclic) bond motifs is 1. The third-order valence-corrected chi connectivity index (χ3v) is 5.76. The van der Waals surface area contributed by atoms with E-state index in [2.05, 4.69) is 25.9 Å². The van der Waals surface area contributed by atoms with Crippen LogP contribution in [-0.2, 0) is 10.0 Å². The SMILES string of the molecule is Cc1cc2c(cc1NS(C)(=O)=O)cc(C(=O)/C(C#N)=C/N(C)C)n2SI. The summed E-state index contributed by atoms with van der Waals surface area (Å²) in [6, 6.07) is 7.10. The van der Waals surface area contributed by atoms with Crippen molar-refractivity contribution in [2.75, 3.05) is 25.1 Å². The minimum atomic E-state index is -3.41. The minimum Gasteiger partial charge on any atom is -0.382 e. The van der Waals surface area contributed by atoms with E-state index >= 15 is 0 Å². The van der Waals surface area contributed by atoms with Gasteiger partial charge in [-0.2, -0.15) is 5.26 Å². The predicted octanol–water partition coefficient (Wildman–Crippen LogP) is 3.32. The monoisotopic (exact) mass is 504 g/mol. The van der Waals surface area contributed by atoms with Crippen molar-refractivity contribution >= 4 is 62.7 Å². The number of sulfonamides is 1. The number of carbonyl (C=O) groups excluding carboxylic acids is 1. The maximum absolute atomic E-state index is 12.8. The van der Waals surface area contributed by atoms with Crippen LogP contribution in [0.2, 0.25) is 0 Å². The maximum atomic E-state index is 12.8. The van der Waals surface area contributed by atoms with Crippen LogP contribution in [0.25, 0.3) is 10.9 Å². The Bertz CT molecular complexity index is 1050. The zero-order valence-electron chi connectivity index (χ0n) is 14.6. The van der Waals surface area contributed by atoms with Gasteiger partial charge in [-0.25, -0.2) is 8.42 Å². The number of nitriles is 1. The van der Waals surface area contributed by atoms with Crippen molar-refractivity contribution in [2.45, 2.75) is 6.92 Å². The maximum Gasteiger partial charge on any atom is 0.229 e. The predicted molar refractivity (Wildman–Crippen MR) is 114 cm³/mol. The first-order valence-corrected chi connectivity index (χ1v) is 12.5. The molecule has 1 N–H and O–H groups in total. The summed E-state index contributed by atoms with van der Waals surface area (Å²) < 4.78 is 27.3. The van der Waals surface area contributed by atoms with E-state index in [9.17, 15) is 18.5 Å². The number of hydrogen-bond donors (Lipinski definition) is 1. The van der Waals surface area contributed by atoms with Crippen LogP contribution < -0.4 is 4.72 Å². The molecule has 0 saturated heterocycles. The second kappa shape index (κ2) is 7.89. The summed E-state index contributed by atoms with van der Waals surface area (Å²) in [7, 11) is 1.37. The molecule has 1 heterocycles. The second-order valence-corrected chi connectivity index (χ2v) is 9.37. The average Bonchev–Trinajstić information content (AvgIpc) is 2.88. The Labute approximate surface area is 168 Å². The molecule has 0 aliphatic rings. The number of halogens is 1. The molecule has 0 unspecified atom stereocenters. The molecular formula is C16H17IN4O3S2. The van der Waals surface area contributed by atoms with Gasteiger partial charge in [0.15, 0.2) is 0 Å². The molecule has 1 aromatic heterocycles. The number of hydrogen-bond acceptors (Lipinski definition) is 6. The Kier molecular flexibility index (Phi) is 6.25. The molecule has 0 radical (unpaired) electrons. The summed E-state index contributed by atoms with van der Waals surface area (Å²) in [6.45, 7) is 1.79. The summed E-state index contributed by atoms with van der Waals surface area (Å²) in [5, 5.41) is 10.0. The van der Waals surface area contributed by atoms with Crippen LogP contribution >= 0.6 is 30.3 Å². The molecule has 26 heavy (non-hydrogen) atoms. The van der Waals surface area contributed by atoms with Crippen LogP contribution in [0.15, 0.2) is 30.0 Å². The third-order valence-electron chi connectivity index (χ3n) is 3.45. The van der Waals surface area contributed by atoms with Gasteiger partial charge in [0.1, 0.15) is 17.3 Å². The highest BCUT2D eigenvalue weighted by Crippen LogP contribution is 2.33. The summed E-state index contributed by atoms with van der Waals surface area (Å²) in [4.78, 5) is 14.4. The molecule has 7 nitrogen and oxygen atoms in total. The summed E-state index contributed by atoms with van der Waals surface area (Å²) in [5.74, 6) is -0.392. The largest absolute Gasteiger partial charge is 0.382 e. The van der Waals surface area contributed by atoms with Gasteiger partial charge >= 0.3 is 0 Å². The van der Waals surface area contributed by atoms with Crippen LogP contribution in [0.3, 0.4) is 0 Å². The molecule has 0 bridgehead atoms. The van der Waals surface area contributed by atoms with Gasteiger partial charge in [0.05, 0.1) is 17.5 Å². The molecule has 0 saturated carbocycles. The minimum absolute atomic E-state index is 0.0238. The van der Waals surface area contributed by atoms with E-state index in [1.165, 1.54) is 15.3 Å². The van der Waals surface area contributed by atoms with Crippen molar-refractivity contribution < 1.29 is 13.2 Å². The van der Waals surface area contributed by atoms with Crippen LogP contribution in [-0.4, -0.2) is 43.4 Å². The molecule has 2 aromatic rings. The van der Waals surface area contributed by atoms with Crippen LogP contribution in [0.1, 0.15) is 16.1 Å². The number of carbonyl (C=O) groups is 1. The standard InChI is InChI=1S/C16H17IN4O3S2/c1-10-5-14-11(6-13(10)19-26(4,23)24)7-15(21(14)25-17)16(22)12(8-18)9-20(2)3/h5-7,9,19H,1-4H3/b12-9+. The molecule has 0 fully saturated rings. The third kappa shape index (κ3) is 4.52. The van der Waals surface area contributed by atoms with Crippen LogP contribution in [0.5, 0.6) is 0 Å². The second-order valence-electron chi connectivity index (χ2n) is 5.94. The Hall–Kier alpha value is -1.71. The fourth-order valence-corrected chi connectivity index (χ4v) is 4.75. The quantitative estimate of drug-likeness (QED) is 0.281. The van der Waals surface area contributed by atoms with E-state index in [0.29, 0.717) is 16.8 Å². The zero-order valence-corrected chi connectivity index (χ0v) is 18.4. The molecule has 0 atom stereocenters. The first kappa shape index (κ1) is 20.6. The van der Waals surface area contributed by atoms with Crippen molar-refractivity contribution in [1.82, 2.24) is 8.87 Å². The summed E-state index contributed by atoms with van der Waals surface area (Å²) in [5.41, 5.74) is 2.34. The van der Waals surface area contributed by atoms with Gasteiger partial charge in [0.25, 0.3) is 0 Å². The van der Waals surface area contributed by atoms with Gasteiger partial charge in [-0.15, -0.1) is 0 Å². The zero-order chi connectivity index (χ0) is 19.6. The van der Waals surface area contributed by atoms with Gasteiger partial charge in [0, 0.05) is 56.0 Å². The van der Waals surface area contributed by atoms with Crippen molar-refractivity contribution in [3.8, 4) is 6.07 Å². The molecule has 1 aromatic carbocycles. The van der Waals surface area contributed by atoms with Gasteiger partial charge in [-0.3, -0.25) is 13.5 Å². The summed E-state index contributed by atoms with van der Waals surface area (Å²) >= 11 is 2.06. The van der Waals surface area contributed by atoms with E-state index < -0.39 is 15.8 Å². The number of nitrogens with one attached hydrogen (secondary N) is 1. The number of aryl methyl sites for hydroxylation is 1. The molecule has 0 amide bonds. The number of benzene rings is 1. The number of rotatable bonds is 6. The van der Waals surface area contributed by atoms with E-state index in [4.69, 9.17) is 0 Å². The van der Waals surface area contributed by atoms with Crippen LogP contribution in [0.4, 0.5) is 5.69 Å². The first-order chi connectivity index (χ1) is 12.1.